The maximum Gasteiger partial charge on any atom is 0.185 e. The number of hydrogen-bond acceptors (Lipinski definition) is 8. The fourth-order valence-corrected chi connectivity index (χ4v) is 7.65. The van der Waals surface area contributed by atoms with E-state index in [1.54, 1.807) is 48.5 Å². The van der Waals surface area contributed by atoms with Crippen molar-refractivity contribution in [2.75, 3.05) is 0 Å². The number of hydrogen-bond donors (Lipinski definition) is 0. The molecule has 0 saturated heterocycles. The summed E-state index contributed by atoms with van der Waals surface area (Å²) in [5.74, 6) is 1.48. The quantitative estimate of drug-likeness (QED) is 0.156. The fourth-order valence-electron chi connectivity index (χ4n) is 7.39. The van der Waals surface area contributed by atoms with Gasteiger partial charge in [0.25, 0.3) is 0 Å². The van der Waals surface area contributed by atoms with Crippen LogP contribution in [0.15, 0.2) is 149 Å². The van der Waals surface area contributed by atoms with Crippen molar-refractivity contribution in [3.63, 3.8) is 0 Å². The average Bonchev–Trinajstić information content (AvgIpc) is 3.83. The Morgan fingerprint density at radius 3 is 1.00 bits per heavy atom. The van der Waals surface area contributed by atoms with Gasteiger partial charge >= 0.3 is 0 Å². The lowest BCUT2D eigenvalue weighted by Crippen LogP contribution is -2.30. The number of allylic oxidation sites excluding steroid dienone is 4. The number of benzene rings is 2. The summed E-state index contributed by atoms with van der Waals surface area (Å²) in [4.78, 5) is 27.8. The lowest BCUT2D eigenvalue weighted by atomic mass is 9.70. The summed E-state index contributed by atoms with van der Waals surface area (Å²) < 4.78 is 13.3. The van der Waals surface area contributed by atoms with Crippen molar-refractivity contribution in [2.24, 2.45) is 54.0 Å². The van der Waals surface area contributed by atoms with E-state index in [1.807, 2.05) is 48.6 Å². The number of carbonyl (C=O) groups excluding carboxylic acids is 2. The zero-order valence-corrected chi connectivity index (χ0v) is 38.2. The minimum absolute atomic E-state index is 0.0434. The number of azo groups is 2. The summed E-state index contributed by atoms with van der Waals surface area (Å²) in [5.41, 5.74) is 2.54. The van der Waals surface area contributed by atoms with Crippen LogP contribution in [0.1, 0.15) is 107 Å². The molecule has 0 amide bonds. The molecule has 0 fully saturated rings. The highest BCUT2D eigenvalue weighted by atomic mass is 35.5. The number of nitrogens with zero attached hydrogens (tertiary/aromatic N) is 4. The Bertz CT molecular complexity index is 2190. The van der Waals surface area contributed by atoms with Gasteiger partial charge in [-0.05, 0) is 94.5 Å². The summed E-state index contributed by atoms with van der Waals surface area (Å²) in [6, 6.07) is 20.6. The van der Waals surface area contributed by atoms with Gasteiger partial charge in [0.15, 0.2) is 23.1 Å². The van der Waals surface area contributed by atoms with Gasteiger partial charge in [0, 0.05) is 44.2 Å². The first-order valence-electron chi connectivity index (χ1n) is 20.4. The van der Waals surface area contributed by atoms with Gasteiger partial charge in [-0.2, -0.15) is 20.5 Å². The maximum atomic E-state index is 13.9. The standard InChI is InChI=1S/C50H56Cl2N4O4/c1-47(2,3)35-25-29(26-36(45(35)57)48(4,5)6)43(55-53-33-17-13-31(51)14-18-33)41-23-21-39(59-41)40-22-24-42(60-40)44(56-54-34-19-15-32(52)16-20-34)30-27-37(49(7,8)9)46(58)38(28-30)50(10,11)12/h13-30,43-44H,1-12H3. The molecule has 8 nitrogen and oxygen atoms in total. The largest absolute Gasteiger partial charge is 0.455 e. The minimum Gasteiger partial charge on any atom is -0.455 e. The molecule has 6 rings (SSSR count). The number of Topliss-reactive ketones (excluding diaryl/α,β-unsaturated/α-hetero) is 2. The Morgan fingerprint density at radius 1 is 0.450 bits per heavy atom. The number of halogens is 2. The van der Waals surface area contributed by atoms with Crippen molar-refractivity contribution < 1.29 is 18.4 Å². The number of furan rings is 2. The molecule has 2 aliphatic carbocycles. The van der Waals surface area contributed by atoms with Crippen molar-refractivity contribution in [3.05, 3.63) is 141 Å². The first-order chi connectivity index (χ1) is 27.9. The van der Waals surface area contributed by atoms with Crippen molar-refractivity contribution in [2.45, 2.75) is 95.2 Å². The molecule has 2 aromatic heterocycles. The van der Waals surface area contributed by atoms with E-state index in [4.69, 9.17) is 42.3 Å². The molecular formula is C50H56Cl2N4O4. The molecule has 2 heterocycles. The van der Waals surface area contributed by atoms with Crippen LogP contribution < -0.4 is 0 Å². The van der Waals surface area contributed by atoms with Crippen molar-refractivity contribution in [1.29, 1.82) is 0 Å². The molecule has 0 bridgehead atoms. The van der Waals surface area contributed by atoms with E-state index in [0.29, 0.717) is 44.5 Å². The molecule has 0 N–H and O–H groups in total. The lowest BCUT2D eigenvalue weighted by Gasteiger charge is -2.34. The van der Waals surface area contributed by atoms with Gasteiger partial charge < -0.3 is 8.83 Å². The Kier molecular flexibility index (Phi) is 12.5. The molecule has 0 aliphatic heterocycles. The van der Waals surface area contributed by atoms with Crippen molar-refractivity contribution >= 4 is 46.1 Å². The number of rotatable bonds is 9. The van der Waals surface area contributed by atoms with Gasteiger partial charge in [0.2, 0.25) is 0 Å². The SMILES string of the molecule is CC(C)(C)C1=CC(C(N=Nc2ccc(Cl)cc2)c2ccc(-c3ccc(C(N=Nc4ccc(Cl)cc4)C4C=C(C(C)(C)C)C(=O)C(C(C)(C)C)=C4)o3)o2)C=C(C(C)(C)C)C1=O. The molecule has 2 atom stereocenters. The van der Waals surface area contributed by atoms with Crippen LogP contribution in [0.2, 0.25) is 10.0 Å². The Balaban J connectivity index is 1.44. The van der Waals surface area contributed by atoms with Crippen molar-refractivity contribution in [3.8, 4) is 11.5 Å². The van der Waals surface area contributed by atoms with E-state index in [0.717, 1.165) is 22.3 Å². The number of ketones is 2. The van der Waals surface area contributed by atoms with Gasteiger partial charge in [0.05, 0.1) is 11.4 Å². The first-order valence-corrected chi connectivity index (χ1v) is 21.2. The van der Waals surface area contributed by atoms with Crippen LogP contribution in [-0.4, -0.2) is 11.6 Å². The summed E-state index contributed by atoms with van der Waals surface area (Å²) in [7, 11) is 0. The Hall–Kier alpha value is -4.92. The summed E-state index contributed by atoms with van der Waals surface area (Å²) in [5, 5.41) is 20.2. The van der Waals surface area contributed by atoms with E-state index >= 15 is 0 Å². The molecule has 0 radical (unpaired) electrons. The monoisotopic (exact) mass is 846 g/mol. The van der Waals surface area contributed by atoms with Crippen LogP contribution >= 0.6 is 23.2 Å². The molecule has 0 spiro atoms. The van der Waals surface area contributed by atoms with E-state index in [9.17, 15) is 9.59 Å². The second-order valence-corrected chi connectivity index (χ2v) is 20.7. The van der Waals surface area contributed by atoms with Crippen LogP contribution in [0.4, 0.5) is 11.4 Å². The molecule has 314 valence electrons. The highest BCUT2D eigenvalue weighted by molar-refractivity contribution is 6.30. The molecule has 2 aliphatic rings. The normalized spacial score (nSPS) is 17.6. The van der Waals surface area contributed by atoms with E-state index in [2.05, 4.69) is 93.3 Å². The van der Waals surface area contributed by atoms with Gasteiger partial charge in [-0.3, -0.25) is 9.59 Å². The molecule has 2 aromatic carbocycles. The third-order valence-electron chi connectivity index (χ3n) is 10.7. The fraction of sp³-hybridized carbons (Fsp3) is 0.400. The molecule has 4 aromatic rings. The highest BCUT2D eigenvalue weighted by Gasteiger charge is 2.40. The van der Waals surface area contributed by atoms with Gasteiger partial charge in [-0.1, -0.05) is 131 Å². The average molecular weight is 848 g/mol. The second-order valence-electron chi connectivity index (χ2n) is 19.8. The lowest BCUT2D eigenvalue weighted by molar-refractivity contribution is -0.115. The van der Waals surface area contributed by atoms with Gasteiger partial charge in [-0.25, -0.2) is 0 Å². The summed E-state index contributed by atoms with van der Waals surface area (Å²) in [6.07, 6.45) is 8.06. The second kappa shape index (κ2) is 16.9. The van der Waals surface area contributed by atoms with Crippen LogP contribution in [0, 0.1) is 33.5 Å². The van der Waals surface area contributed by atoms with Gasteiger partial charge in [0.1, 0.15) is 23.6 Å². The first kappa shape index (κ1) is 44.6. The van der Waals surface area contributed by atoms with E-state index < -0.39 is 33.7 Å². The topological polar surface area (TPSA) is 110 Å². The zero-order chi connectivity index (χ0) is 43.9. The molecular weight excluding hydrogens is 791 g/mol. The molecule has 60 heavy (non-hydrogen) atoms. The van der Waals surface area contributed by atoms with Crippen LogP contribution in [0.5, 0.6) is 0 Å². The van der Waals surface area contributed by atoms with E-state index in [1.165, 1.54) is 0 Å². The Morgan fingerprint density at radius 2 is 0.733 bits per heavy atom. The van der Waals surface area contributed by atoms with Gasteiger partial charge in [-0.15, -0.1) is 0 Å². The molecule has 0 saturated carbocycles. The van der Waals surface area contributed by atoms with Crippen molar-refractivity contribution in [1.82, 2.24) is 0 Å². The predicted octanol–water partition coefficient (Wildman–Crippen LogP) is 15.8. The van der Waals surface area contributed by atoms with E-state index in [-0.39, 0.29) is 23.4 Å². The highest BCUT2D eigenvalue weighted by Crippen LogP contribution is 2.46. The third-order valence-corrected chi connectivity index (χ3v) is 11.2. The predicted molar refractivity (Wildman–Crippen MR) is 241 cm³/mol. The summed E-state index contributed by atoms with van der Waals surface area (Å²) >= 11 is 12.4. The van der Waals surface area contributed by atoms with Crippen LogP contribution in [-0.2, 0) is 9.59 Å². The third kappa shape index (κ3) is 10.2. The Labute approximate surface area is 364 Å². The summed E-state index contributed by atoms with van der Waals surface area (Å²) in [6.45, 7) is 24.6. The van der Waals surface area contributed by atoms with Crippen LogP contribution in [0.3, 0.4) is 0 Å². The zero-order valence-electron chi connectivity index (χ0n) is 36.7. The van der Waals surface area contributed by atoms with Crippen LogP contribution in [0.25, 0.3) is 11.5 Å². The number of carbonyl (C=O) groups is 2. The maximum absolute atomic E-state index is 13.9. The molecule has 2 unspecified atom stereocenters. The molecule has 10 heteroatoms. The minimum atomic E-state index is -0.616. The smallest absolute Gasteiger partial charge is 0.185 e.